The van der Waals surface area contributed by atoms with Gasteiger partial charge in [0, 0.05) is 41.4 Å². The second kappa shape index (κ2) is 11.7. The van der Waals surface area contributed by atoms with Crippen LogP contribution in [0.1, 0.15) is 39.4 Å². The zero-order valence-corrected chi connectivity index (χ0v) is 24.7. The molecule has 4 heterocycles. The first-order valence-electron chi connectivity index (χ1n) is 14.9. The minimum absolute atomic E-state index is 0.141. The van der Waals surface area contributed by atoms with Gasteiger partial charge < -0.3 is 16.0 Å². The van der Waals surface area contributed by atoms with Gasteiger partial charge in [-0.15, -0.1) is 0 Å². The number of hydrogen-bond donors (Lipinski definition) is 3. The first-order chi connectivity index (χ1) is 21.5. The summed E-state index contributed by atoms with van der Waals surface area (Å²) in [6.45, 7) is 6.08. The summed E-state index contributed by atoms with van der Waals surface area (Å²) in [6, 6.07) is 29.9. The minimum Gasteiger partial charge on any atom is -0.324 e. The molecule has 1 unspecified atom stereocenters. The van der Waals surface area contributed by atoms with Gasteiger partial charge >= 0.3 is 0 Å². The van der Waals surface area contributed by atoms with E-state index in [0.29, 0.717) is 23.1 Å². The van der Waals surface area contributed by atoms with Gasteiger partial charge in [-0.1, -0.05) is 42.5 Å². The maximum absolute atomic E-state index is 13.2. The SMILES string of the molecule is Cc1cccc(C(=O)Nc2cccc(-c3nc4ccccn4c3-c3ccnc(Nc4ccc(C5CCNC5)cc4)n3)c2)c1C. The van der Waals surface area contributed by atoms with E-state index in [1.165, 1.54) is 12.0 Å². The number of rotatable bonds is 7. The van der Waals surface area contributed by atoms with Gasteiger partial charge in [0.25, 0.3) is 5.91 Å². The van der Waals surface area contributed by atoms with Crippen LogP contribution in [0.2, 0.25) is 0 Å². The summed E-state index contributed by atoms with van der Waals surface area (Å²) >= 11 is 0. The second-order valence-corrected chi connectivity index (χ2v) is 11.2. The van der Waals surface area contributed by atoms with Gasteiger partial charge in [-0.3, -0.25) is 9.20 Å². The number of nitrogens with one attached hydrogen (secondary N) is 3. The second-order valence-electron chi connectivity index (χ2n) is 11.2. The Kier molecular flexibility index (Phi) is 7.33. The van der Waals surface area contributed by atoms with Crippen molar-refractivity contribution in [3.05, 3.63) is 126 Å². The standard InChI is InChI=1S/C36H33N7O/c1-23-7-5-10-30(24(23)2)35(44)39-29-9-6-8-26(21-29)33-34(43-20-4-3-11-32(43)42-33)31-17-19-38-36(41-31)40-28-14-12-25(13-15-28)27-16-18-37-22-27/h3-15,17,19-21,27,37H,16,18,22H2,1-2H3,(H,39,44)(H,38,40,41). The molecule has 1 saturated heterocycles. The first-order valence-corrected chi connectivity index (χ1v) is 14.9. The lowest BCUT2D eigenvalue weighted by molar-refractivity contribution is 0.102. The number of amides is 1. The van der Waals surface area contributed by atoms with Crippen molar-refractivity contribution in [3.63, 3.8) is 0 Å². The molecule has 0 spiro atoms. The molecule has 1 atom stereocenters. The maximum atomic E-state index is 13.2. The van der Waals surface area contributed by atoms with Gasteiger partial charge in [-0.25, -0.2) is 15.0 Å². The summed E-state index contributed by atoms with van der Waals surface area (Å²) in [6.07, 6.45) is 4.91. The Labute approximate surface area is 256 Å². The maximum Gasteiger partial charge on any atom is 0.255 e. The molecule has 8 nitrogen and oxygen atoms in total. The monoisotopic (exact) mass is 579 g/mol. The fourth-order valence-electron chi connectivity index (χ4n) is 5.84. The zero-order valence-electron chi connectivity index (χ0n) is 24.7. The number of aromatic nitrogens is 4. The number of carbonyl (C=O) groups excluding carboxylic acids is 1. The molecule has 0 radical (unpaired) electrons. The van der Waals surface area contributed by atoms with Crippen LogP contribution in [-0.2, 0) is 0 Å². The molecule has 7 rings (SSSR count). The van der Waals surface area contributed by atoms with Crippen molar-refractivity contribution in [1.82, 2.24) is 24.7 Å². The van der Waals surface area contributed by atoms with Crippen LogP contribution in [0, 0.1) is 13.8 Å². The number of hydrogen-bond acceptors (Lipinski definition) is 6. The molecule has 3 aromatic carbocycles. The van der Waals surface area contributed by atoms with Crippen molar-refractivity contribution >= 4 is 28.9 Å². The minimum atomic E-state index is -0.141. The lowest BCUT2D eigenvalue weighted by Gasteiger charge is -2.12. The molecular weight excluding hydrogens is 546 g/mol. The highest BCUT2D eigenvalue weighted by molar-refractivity contribution is 6.05. The Morgan fingerprint density at radius 1 is 0.909 bits per heavy atom. The Bertz CT molecular complexity index is 1970. The number of imidazole rings is 1. The van der Waals surface area contributed by atoms with E-state index in [4.69, 9.17) is 9.97 Å². The molecule has 1 fully saturated rings. The number of aryl methyl sites for hydroxylation is 1. The average molecular weight is 580 g/mol. The largest absolute Gasteiger partial charge is 0.324 e. The molecule has 44 heavy (non-hydrogen) atoms. The smallest absolute Gasteiger partial charge is 0.255 e. The van der Waals surface area contributed by atoms with Crippen molar-refractivity contribution in [3.8, 4) is 22.6 Å². The fourth-order valence-corrected chi connectivity index (χ4v) is 5.84. The van der Waals surface area contributed by atoms with E-state index in [9.17, 15) is 4.79 Å². The van der Waals surface area contributed by atoms with E-state index in [2.05, 4.69) is 45.2 Å². The Morgan fingerprint density at radius 3 is 2.61 bits per heavy atom. The highest BCUT2D eigenvalue weighted by atomic mass is 16.1. The van der Waals surface area contributed by atoms with Gasteiger partial charge in [0.05, 0.1) is 17.1 Å². The normalized spacial score (nSPS) is 14.5. The van der Waals surface area contributed by atoms with Crippen LogP contribution in [0.4, 0.5) is 17.3 Å². The molecule has 0 aliphatic carbocycles. The van der Waals surface area contributed by atoms with Gasteiger partial charge in [0.15, 0.2) is 0 Å². The van der Waals surface area contributed by atoms with Gasteiger partial charge in [0.2, 0.25) is 5.95 Å². The van der Waals surface area contributed by atoms with E-state index in [-0.39, 0.29) is 5.91 Å². The van der Waals surface area contributed by atoms with E-state index in [1.807, 2.05) is 91.2 Å². The average Bonchev–Trinajstić information content (AvgIpc) is 3.72. The van der Waals surface area contributed by atoms with Crippen molar-refractivity contribution in [2.24, 2.45) is 0 Å². The van der Waals surface area contributed by atoms with Crippen molar-refractivity contribution in [2.45, 2.75) is 26.2 Å². The van der Waals surface area contributed by atoms with Crippen molar-refractivity contribution in [2.75, 3.05) is 23.7 Å². The molecule has 3 aromatic heterocycles. The molecule has 218 valence electrons. The van der Waals surface area contributed by atoms with E-state index < -0.39 is 0 Å². The zero-order chi connectivity index (χ0) is 30.0. The highest BCUT2D eigenvalue weighted by Crippen LogP contribution is 2.34. The van der Waals surface area contributed by atoms with Crippen LogP contribution in [0.15, 0.2) is 103 Å². The van der Waals surface area contributed by atoms with E-state index >= 15 is 0 Å². The summed E-state index contributed by atoms with van der Waals surface area (Å²) in [5, 5.41) is 9.88. The summed E-state index contributed by atoms with van der Waals surface area (Å²) in [4.78, 5) is 27.6. The van der Waals surface area contributed by atoms with Crippen LogP contribution < -0.4 is 16.0 Å². The molecule has 0 bridgehead atoms. The lowest BCUT2D eigenvalue weighted by atomic mass is 9.98. The fraction of sp³-hybridized carbons (Fsp3) is 0.167. The number of fused-ring (bicyclic) bond motifs is 1. The topological polar surface area (TPSA) is 96.2 Å². The number of benzene rings is 3. The van der Waals surface area contributed by atoms with Gasteiger partial charge in [-0.2, -0.15) is 0 Å². The molecule has 3 N–H and O–H groups in total. The molecule has 1 aliphatic rings. The third kappa shape index (κ3) is 5.43. The third-order valence-electron chi connectivity index (χ3n) is 8.37. The van der Waals surface area contributed by atoms with Crippen LogP contribution in [0.5, 0.6) is 0 Å². The summed E-state index contributed by atoms with van der Waals surface area (Å²) in [5.41, 5.74) is 9.69. The highest BCUT2D eigenvalue weighted by Gasteiger charge is 2.19. The molecular formula is C36H33N7O. The number of carbonyl (C=O) groups is 1. The predicted octanol–water partition coefficient (Wildman–Crippen LogP) is 7.15. The first kappa shape index (κ1) is 27.5. The van der Waals surface area contributed by atoms with E-state index in [0.717, 1.165) is 58.2 Å². The van der Waals surface area contributed by atoms with Crippen LogP contribution in [0.25, 0.3) is 28.3 Å². The van der Waals surface area contributed by atoms with Crippen molar-refractivity contribution < 1.29 is 4.79 Å². The van der Waals surface area contributed by atoms with Crippen molar-refractivity contribution in [1.29, 1.82) is 0 Å². The lowest BCUT2D eigenvalue weighted by Crippen LogP contribution is -2.13. The quantitative estimate of drug-likeness (QED) is 0.186. The molecule has 8 heteroatoms. The number of anilines is 3. The Hall–Kier alpha value is -5.34. The number of nitrogens with zero attached hydrogens (tertiary/aromatic N) is 4. The molecule has 0 saturated carbocycles. The van der Waals surface area contributed by atoms with Gasteiger partial charge in [-0.05, 0) is 98.0 Å². The predicted molar refractivity (Wildman–Crippen MR) is 175 cm³/mol. The molecule has 1 amide bonds. The third-order valence-corrected chi connectivity index (χ3v) is 8.37. The molecule has 1 aliphatic heterocycles. The summed E-state index contributed by atoms with van der Waals surface area (Å²) in [7, 11) is 0. The number of pyridine rings is 1. The summed E-state index contributed by atoms with van der Waals surface area (Å²) in [5.74, 6) is 0.929. The Morgan fingerprint density at radius 2 is 1.77 bits per heavy atom. The van der Waals surface area contributed by atoms with Crippen LogP contribution in [-0.4, -0.2) is 38.3 Å². The van der Waals surface area contributed by atoms with Gasteiger partial charge in [0.1, 0.15) is 5.65 Å². The Balaban J connectivity index is 1.21. The van der Waals surface area contributed by atoms with E-state index in [1.54, 1.807) is 6.20 Å². The molecule has 6 aromatic rings. The van der Waals surface area contributed by atoms with Crippen LogP contribution in [0.3, 0.4) is 0 Å². The van der Waals surface area contributed by atoms with Crippen LogP contribution >= 0.6 is 0 Å². The summed E-state index contributed by atoms with van der Waals surface area (Å²) < 4.78 is 2.03.